The van der Waals surface area contributed by atoms with Crippen LogP contribution in [0.15, 0.2) is 42.5 Å². The number of amides is 1. The lowest BCUT2D eigenvalue weighted by Gasteiger charge is -2.22. The average molecular weight is 355 g/mol. The molecule has 0 spiro atoms. The van der Waals surface area contributed by atoms with Crippen LogP contribution >= 0.6 is 0 Å². The largest absolute Gasteiger partial charge is 0.337 e. The second kappa shape index (κ2) is 8.07. The minimum atomic E-state index is -0.825. The van der Waals surface area contributed by atoms with E-state index in [0.717, 1.165) is 37.2 Å². The van der Waals surface area contributed by atoms with Crippen LogP contribution in [0.25, 0.3) is 0 Å². The molecule has 1 saturated heterocycles. The van der Waals surface area contributed by atoms with Crippen LogP contribution in [0.1, 0.15) is 27.9 Å². The van der Waals surface area contributed by atoms with Gasteiger partial charge in [-0.2, -0.15) is 5.26 Å². The fourth-order valence-electron chi connectivity index (χ4n) is 3.11. The molecule has 0 N–H and O–H groups in total. The van der Waals surface area contributed by atoms with E-state index in [1.165, 1.54) is 6.07 Å². The minimum Gasteiger partial charge on any atom is -0.337 e. The third kappa shape index (κ3) is 4.24. The second-order valence-electron chi connectivity index (χ2n) is 6.35. The van der Waals surface area contributed by atoms with E-state index in [1.807, 2.05) is 12.1 Å². The summed E-state index contributed by atoms with van der Waals surface area (Å²) < 4.78 is 26.9. The first kappa shape index (κ1) is 18.0. The lowest BCUT2D eigenvalue weighted by atomic mass is 10.1. The fraction of sp³-hybridized carbons (Fsp3) is 0.300. The predicted molar refractivity (Wildman–Crippen MR) is 93.3 cm³/mol. The highest BCUT2D eigenvalue weighted by molar-refractivity contribution is 5.94. The van der Waals surface area contributed by atoms with Crippen molar-refractivity contribution in [3.8, 4) is 6.07 Å². The summed E-state index contributed by atoms with van der Waals surface area (Å²) >= 11 is 0. The van der Waals surface area contributed by atoms with Gasteiger partial charge in [-0.3, -0.25) is 9.69 Å². The summed E-state index contributed by atoms with van der Waals surface area (Å²) in [7, 11) is 0. The first-order valence-electron chi connectivity index (χ1n) is 8.52. The van der Waals surface area contributed by atoms with Gasteiger partial charge in [0.05, 0.1) is 17.2 Å². The summed E-state index contributed by atoms with van der Waals surface area (Å²) in [6, 6.07) is 12.6. The molecule has 0 bridgehead atoms. The van der Waals surface area contributed by atoms with Crippen molar-refractivity contribution in [2.75, 3.05) is 26.2 Å². The van der Waals surface area contributed by atoms with Crippen LogP contribution in [0.4, 0.5) is 8.78 Å². The number of rotatable bonds is 3. The zero-order chi connectivity index (χ0) is 18.5. The van der Waals surface area contributed by atoms with Crippen molar-refractivity contribution >= 4 is 5.91 Å². The minimum absolute atomic E-state index is 0.0908. The smallest absolute Gasteiger partial charge is 0.256 e. The van der Waals surface area contributed by atoms with Crippen molar-refractivity contribution < 1.29 is 13.6 Å². The molecule has 0 unspecified atom stereocenters. The molecule has 2 aromatic rings. The first-order chi connectivity index (χ1) is 12.6. The van der Waals surface area contributed by atoms with E-state index in [2.05, 4.69) is 11.0 Å². The molecule has 0 aromatic heterocycles. The maximum absolute atomic E-state index is 13.9. The molecule has 0 radical (unpaired) electrons. The third-order valence-corrected chi connectivity index (χ3v) is 4.53. The summed E-state index contributed by atoms with van der Waals surface area (Å²) in [5, 5.41) is 8.85. The van der Waals surface area contributed by atoms with E-state index in [1.54, 1.807) is 17.0 Å². The van der Waals surface area contributed by atoms with Crippen LogP contribution in [0.3, 0.4) is 0 Å². The molecule has 1 aliphatic heterocycles. The SMILES string of the molecule is N#Cc1ccc(CN2CCCN(C(=O)c3ccc(F)cc3F)CC2)cc1. The summed E-state index contributed by atoms with van der Waals surface area (Å²) in [6.45, 7) is 3.27. The van der Waals surface area contributed by atoms with Gasteiger partial charge in [0, 0.05) is 38.8 Å². The summed E-state index contributed by atoms with van der Waals surface area (Å²) in [4.78, 5) is 16.4. The van der Waals surface area contributed by atoms with Crippen LogP contribution < -0.4 is 0 Å². The van der Waals surface area contributed by atoms with E-state index >= 15 is 0 Å². The molecule has 0 aliphatic carbocycles. The van der Waals surface area contributed by atoms with E-state index < -0.39 is 17.5 Å². The summed E-state index contributed by atoms with van der Waals surface area (Å²) in [5.41, 5.74) is 1.64. The van der Waals surface area contributed by atoms with Crippen molar-refractivity contribution in [1.29, 1.82) is 5.26 Å². The Hall–Kier alpha value is -2.78. The average Bonchev–Trinajstić information content (AvgIpc) is 2.87. The van der Waals surface area contributed by atoms with Crippen LogP contribution in [0, 0.1) is 23.0 Å². The van der Waals surface area contributed by atoms with E-state index in [0.29, 0.717) is 25.2 Å². The van der Waals surface area contributed by atoms with Gasteiger partial charge in [0.25, 0.3) is 5.91 Å². The van der Waals surface area contributed by atoms with Gasteiger partial charge in [-0.05, 0) is 36.2 Å². The molecular formula is C20H19F2N3O. The molecule has 26 heavy (non-hydrogen) atoms. The van der Waals surface area contributed by atoms with Gasteiger partial charge < -0.3 is 4.90 Å². The number of nitrogens with zero attached hydrogens (tertiary/aromatic N) is 3. The number of hydrogen-bond donors (Lipinski definition) is 0. The molecule has 3 rings (SSSR count). The molecule has 6 heteroatoms. The maximum atomic E-state index is 13.9. The monoisotopic (exact) mass is 355 g/mol. The number of nitriles is 1. The number of carbonyl (C=O) groups excluding carboxylic acids is 1. The third-order valence-electron chi connectivity index (χ3n) is 4.53. The highest BCUT2D eigenvalue weighted by Gasteiger charge is 2.22. The molecule has 1 amide bonds. The highest BCUT2D eigenvalue weighted by atomic mass is 19.1. The van der Waals surface area contributed by atoms with Crippen LogP contribution in [0.5, 0.6) is 0 Å². The number of halogens is 2. The Labute approximate surface area is 151 Å². The van der Waals surface area contributed by atoms with Gasteiger partial charge in [-0.25, -0.2) is 8.78 Å². The van der Waals surface area contributed by atoms with Gasteiger partial charge >= 0.3 is 0 Å². The second-order valence-corrected chi connectivity index (χ2v) is 6.35. The van der Waals surface area contributed by atoms with Crippen molar-refractivity contribution in [3.05, 3.63) is 70.8 Å². The topological polar surface area (TPSA) is 47.3 Å². The van der Waals surface area contributed by atoms with Crippen molar-refractivity contribution in [1.82, 2.24) is 9.80 Å². The molecule has 1 fully saturated rings. The standard InChI is InChI=1S/C20H19F2N3O/c21-17-6-7-18(19(22)12-17)20(26)25-9-1-8-24(10-11-25)14-16-4-2-15(13-23)3-5-16/h2-7,12H,1,8-11,14H2. The lowest BCUT2D eigenvalue weighted by Crippen LogP contribution is -2.35. The molecule has 2 aromatic carbocycles. The Balaban J connectivity index is 1.62. The normalized spacial score (nSPS) is 15.3. The number of carbonyl (C=O) groups is 1. The van der Waals surface area contributed by atoms with E-state index in [-0.39, 0.29) is 5.56 Å². The molecule has 0 atom stereocenters. The summed E-state index contributed by atoms with van der Waals surface area (Å²) in [5.74, 6) is -1.92. The predicted octanol–water partition coefficient (Wildman–Crippen LogP) is 3.18. The van der Waals surface area contributed by atoms with Crippen molar-refractivity contribution in [3.63, 3.8) is 0 Å². The van der Waals surface area contributed by atoms with Gasteiger partial charge in [0.15, 0.2) is 0 Å². The fourth-order valence-corrected chi connectivity index (χ4v) is 3.11. The molecule has 0 saturated carbocycles. The van der Waals surface area contributed by atoms with Crippen LogP contribution in [-0.2, 0) is 6.54 Å². The number of benzene rings is 2. The Morgan fingerprint density at radius 2 is 1.81 bits per heavy atom. The summed E-state index contributed by atoms with van der Waals surface area (Å²) in [6.07, 6.45) is 0.783. The Morgan fingerprint density at radius 1 is 1.04 bits per heavy atom. The Bertz CT molecular complexity index is 830. The first-order valence-corrected chi connectivity index (χ1v) is 8.52. The molecule has 1 aliphatic rings. The van der Waals surface area contributed by atoms with Crippen LogP contribution in [0.2, 0.25) is 0 Å². The van der Waals surface area contributed by atoms with Gasteiger partial charge in [0.1, 0.15) is 11.6 Å². The molecule has 1 heterocycles. The van der Waals surface area contributed by atoms with E-state index in [9.17, 15) is 13.6 Å². The molecule has 4 nitrogen and oxygen atoms in total. The lowest BCUT2D eigenvalue weighted by molar-refractivity contribution is 0.0756. The zero-order valence-corrected chi connectivity index (χ0v) is 14.3. The number of hydrogen-bond acceptors (Lipinski definition) is 3. The van der Waals surface area contributed by atoms with Gasteiger partial charge in [0.2, 0.25) is 0 Å². The molecular weight excluding hydrogens is 336 g/mol. The van der Waals surface area contributed by atoms with Gasteiger partial charge in [-0.15, -0.1) is 0 Å². The van der Waals surface area contributed by atoms with Crippen molar-refractivity contribution in [2.45, 2.75) is 13.0 Å². The van der Waals surface area contributed by atoms with Crippen molar-refractivity contribution in [2.24, 2.45) is 0 Å². The highest BCUT2D eigenvalue weighted by Crippen LogP contribution is 2.15. The van der Waals surface area contributed by atoms with E-state index in [4.69, 9.17) is 5.26 Å². The quantitative estimate of drug-likeness (QED) is 0.850. The Morgan fingerprint density at radius 3 is 2.50 bits per heavy atom. The maximum Gasteiger partial charge on any atom is 0.256 e. The van der Waals surface area contributed by atoms with Gasteiger partial charge in [-0.1, -0.05) is 12.1 Å². The zero-order valence-electron chi connectivity index (χ0n) is 14.3. The Kier molecular flexibility index (Phi) is 5.59. The molecule has 134 valence electrons. The van der Waals surface area contributed by atoms with Crippen LogP contribution in [-0.4, -0.2) is 41.9 Å².